The Kier molecular flexibility index (Phi) is 4.89. The van der Waals surface area contributed by atoms with Gasteiger partial charge in [-0.1, -0.05) is 24.6 Å². The molecule has 0 aliphatic carbocycles. The quantitative estimate of drug-likeness (QED) is 0.902. The minimum absolute atomic E-state index is 0.0627. The summed E-state index contributed by atoms with van der Waals surface area (Å²) in [6.07, 6.45) is 0.0627. The Morgan fingerprint density at radius 3 is 2.58 bits per heavy atom. The lowest BCUT2D eigenvalue weighted by molar-refractivity contribution is -0.141. The Bertz CT molecular complexity index is 590. The molecule has 0 bridgehead atoms. The summed E-state index contributed by atoms with van der Waals surface area (Å²) >= 11 is 5.53. The zero-order valence-electron chi connectivity index (χ0n) is 10.3. The molecule has 0 aliphatic rings. The van der Waals surface area contributed by atoms with Crippen LogP contribution in [0.1, 0.15) is 13.3 Å². The molecule has 1 N–H and O–H groups in total. The standard InChI is InChI=1S/C11H13ClFNO4S/c1-3-8(11(15)16)14(2)19(17,18)9-6-4-5-7(12)10(9)13/h4-6,8H,3H2,1-2H3,(H,15,16). The molecule has 19 heavy (non-hydrogen) atoms. The summed E-state index contributed by atoms with van der Waals surface area (Å²) < 4.78 is 38.7. The van der Waals surface area contributed by atoms with Crippen LogP contribution in [0.3, 0.4) is 0 Å². The van der Waals surface area contributed by atoms with Crippen molar-refractivity contribution in [3.63, 3.8) is 0 Å². The van der Waals surface area contributed by atoms with Gasteiger partial charge >= 0.3 is 5.97 Å². The molecule has 1 aromatic rings. The van der Waals surface area contributed by atoms with Crippen LogP contribution in [0.5, 0.6) is 0 Å². The highest BCUT2D eigenvalue weighted by Gasteiger charge is 2.33. The highest BCUT2D eigenvalue weighted by molar-refractivity contribution is 7.89. The number of hydrogen-bond acceptors (Lipinski definition) is 3. The second-order valence-electron chi connectivity index (χ2n) is 3.84. The smallest absolute Gasteiger partial charge is 0.321 e. The number of rotatable bonds is 5. The maximum absolute atomic E-state index is 13.7. The van der Waals surface area contributed by atoms with Crippen molar-refractivity contribution in [2.24, 2.45) is 0 Å². The minimum atomic E-state index is -4.26. The molecule has 5 nitrogen and oxygen atoms in total. The SMILES string of the molecule is CCC(C(=O)O)N(C)S(=O)(=O)c1cccc(Cl)c1F. The summed E-state index contributed by atoms with van der Waals surface area (Å²) in [5.41, 5.74) is 0. The van der Waals surface area contributed by atoms with E-state index >= 15 is 0 Å². The van der Waals surface area contributed by atoms with Crippen LogP contribution in [-0.4, -0.2) is 36.9 Å². The summed E-state index contributed by atoms with van der Waals surface area (Å²) in [7, 11) is -3.16. The zero-order chi connectivity index (χ0) is 14.8. The van der Waals surface area contributed by atoms with Gasteiger partial charge in [-0.15, -0.1) is 0 Å². The van der Waals surface area contributed by atoms with E-state index in [4.69, 9.17) is 16.7 Å². The summed E-state index contributed by atoms with van der Waals surface area (Å²) in [5.74, 6) is -2.38. The van der Waals surface area contributed by atoms with Gasteiger partial charge in [0.15, 0.2) is 5.82 Å². The lowest BCUT2D eigenvalue weighted by atomic mass is 10.2. The number of carboxylic acids is 1. The predicted octanol–water partition coefficient (Wildman–Crippen LogP) is 1.96. The molecule has 0 heterocycles. The molecule has 1 aromatic carbocycles. The van der Waals surface area contributed by atoms with Gasteiger partial charge in [-0.05, 0) is 18.6 Å². The Balaban J connectivity index is 3.31. The number of carbonyl (C=O) groups is 1. The first-order chi connectivity index (χ1) is 8.73. The number of nitrogens with zero attached hydrogens (tertiary/aromatic N) is 1. The fraction of sp³-hybridized carbons (Fsp3) is 0.364. The Labute approximate surface area is 115 Å². The van der Waals surface area contributed by atoms with Crippen molar-refractivity contribution in [1.82, 2.24) is 4.31 Å². The van der Waals surface area contributed by atoms with E-state index in [-0.39, 0.29) is 11.4 Å². The van der Waals surface area contributed by atoms with Crippen molar-refractivity contribution in [1.29, 1.82) is 0 Å². The second kappa shape index (κ2) is 5.85. The summed E-state index contributed by atoms with van der Waals surface area (Å²) in [6.45, 7) is 1.53. The van der Waals surface area contributed by atoms with Crippen molar-refractivity contribution in [2.45, 2.75) is 24.3 Å². The van der Waals surface area contributed by atoms with Gasteiger partial charge in [0.05, 0.1) is 5.02 Å². The summed E-state index contributed by atoms with van der Waals surface area (Å²) in [6, 6.07) is 2.28. The molecule has 0 fully saturated rings. The number of halogens is 2. The average Bonchev–Trinajstić information content (AvgIpc) is 2.32. The first-order valence-corrected chi connectivity index (χ1v) is 7.20. The third kappa shape index (κ3) is 3.05. The van der Waals surface area contributed by atoms with E-state index in [1.54, 1.807) is 0 Å². The Morgan fingerprint density at radius 1 is 1.53 bits per heavy atom. The normalized spacial score (nSPS) is 13.5. The predicted molar refractivity (Wildman–Crippen MR) is 68.1 cm³/mol. The molecular formula is C11H13ClFNO4S. The number of benzene rings is 1. The largest absolute Gasteiger partial charge is 0.480 e. The van der Waals surface area contributed by atoms with Crippen LogP contribution in [-0.2, 0) is 14.8 Å². The van der Waals surface area contributed by atoms with Gasteiger partial charge in [0.2, 0.25) is 10.0 Å². The fourth-order valence-electron chi connectivity index (χ4n) is 1.59. The van der Waals surface area contributed by atoms with Crippen molar-refractivity contribution in [3.8, 4) is 0 Å². The topological polar surface area (TPSA) is 74.7 Å². The summed E-state index contributed by atoms with van der Waals surface area (Å²) in [5, 5.41) is 8.62. The van der Waals surface area contributed by atoms with Gasteiger partial charge in [0.1, 0.15) is 10.9 Å². The highest BCUT2D eigenvalue weighted by Crippen LogP contribution is 2.25. The molecule has 8 heteroatoms. The van der Waals surface area contributed by atoms with E-state index in [1.807, 2.05) is 0 Å². The van der Waals surface area contributed by atoms with Crippen LogP contribution in [0.15, 0.2) is 23.1 Å². The van der Waals surface area contributed by atoms with E-state index in [2.05, 4.69) is 0 Å². The van der Waals surface area contributed by atoms with E-state index in [0.29, 0.717) is 4.31 Å². The van der Waals surface area contributed by atoms with Crippen molar-refractivity contribution >= 4 is 27.6 Å². The molecular weight excluding hydrogens is 297 g/mol. The molecule has 0 aromatic heterocycles. The van der Waals surface area contributed by atoms with Crippen LogP contribution >= 0.6 is 11.6 Å². The van der Waals surface area contributed by atoms with E-state index in [0.717, 1.165) is 13.1 Å². The molecule has 0 radical (unpaired) electrons. The fourth-order valence-corrected chi connectivity index (χ4v) is 3.30. The van der Waals surface area contributed by atoms with Crippen LogP contribution in [0, 0.1) is 5.82 Å². The maximum Gasteiger partial charge on any atom is 0.321 e. The molecule has 106 valence electrons. The first-order valence-electron chi connectivity index (χ1n) is 5.38. The highest BCUT2D eigenvalue weighted by atomic mass is 35.5. The van der Waals surface area contributed by atoms with Gasteiger partial charge in [-0.2, -0.15) is 4.31 Å². The third-order valence-electron chi connectivity index (χ3n) is 2.68. The van der Waals surface area contributed by atoms with Crippen molar-refractivity contribution in [2.75, 3.05) is 7.05 Å². The first kappa shape index (κ1) is 15.9. The van der Waals surface area contributed by atoms with Crippen LogP contribution in [0.25, 0.3) is 0 Å². The molecule has 1 unspecified atom stereocenters. The lowest BCUT2D eigenvalue weighted by Gasteiger charge is -2.23. The van der Waals surface area contributed by atoms with Gasteiger partial charge in [-0.25, -0.2) is 12.8 Å². The third-order valence-corrected chi connectivity index (χ3v) is 4.86. The van der Waals surface area contributed by atoms with Gasteiger partial charge < -0.3 is 5.11 Å². The maximum atomic E-state index is 13.7. The van der Waals surface area contributed by atoms with E-state index < -0.39 is 32.7 Å². The van der Waals surface area contributed by atoms with E-state index in [1.165, 1.54) is 19.1 Å². The van der Waals surface area contributed by atoms with Gasteiger partial charge in [0, 0.05) is 7.05 Å². The molecule has 0 amide bonds. The van der Waals surface area contributed by atoms with Gasteiger partial charge in [-0.3, -0.25) is 4.79 Å². The van der Waals surface area contributed by atoms with Crippen LogP contribution < -0.4 is 0 Å². The molecule has 0 aliphatic heterocycles. The van der Waals surface area contributed by atoms with Crippen LogP contribution in [0.4, 0.5) is 4.39 Å². The van der Waals surface area contributed by atoms with E-state index in [9.17, 15) is 17.6 Å². The second-order valence-corrected chi connectivity index (χ2v) is 6.21. The molecule has 0 spiro atoms. The molecule has 1 atom stereocenters. The molecule has 1 rings (SSSR count). The molecule has 0 saturated carbocycles. The molecule has 0 saturated heterocycles. The summed E-state index contributed by atoms with van der Waals surface area (Å²) in [4.78, 5) is 10.3. The van der Waals surface area contributed by atoms with Gasteiger partial charge in [0.25, 0.3) is 0 Å². The Morgan fingerprint density at radius 2 is 2.11 bits per heavy atom. The van der Waals surface area contributed by atoms with Crippen molar-refractivity contribution in [3.05, 3.63) is 29.0 Å². The Hall–Kier alpha value is -1.18. The monoisotopic (exact) mass is 309 g/mol. The lowest BCUT2D eigenvalue weighted by Crippen LogP contribution is -2.42. The average molecular weight is 310 g/mol. The number of carboxylic acid groups (broad SMARTS) is 1. The number of sulfonamides is 1. The number of likely N-dealkylation sites (N-methyl/N-ethyl adjacent to an activating group) is 1. The van der Waals surface area contributed by atoms with Crippen molar-refractivity contribution < 1.29 is 22.7 Å². The zero-order valence-corrected chi connectivity index (χ0v) is 11.9. The van der Waals surface area contributed by atoms with Crippen LogP contribution in [0.2, 0.25) is 5.02 Å². The number of hydrogen-bond donors (Lipinski definition) is 1. The number of aliphatic carboxylic acids is 1. The minimum Gasteiger partial charge on any atom is -0.480 e.